The molecule has 0 radical (unpaired) electrons. The number of hydrogen-bond donors (Lipinski definition) is 1. The number of nitrogens with zero attached hydrogens (tertiary/aromatic N) is 2. The molecular weight excluding hydrogens is 282 g/mol. The van der Waals surface area contributed by atoms with E-state index in [-0.39, 0.29) is 0 Å². The number of halogens is 1. The van der Waals surface area contributed by atoms with Gasteiger partial charge >= 0.3 is 0 Å². The molecule has 1 fully saturated rings. The molecule has 0 aromatic carbocycles. The first kappa shape index (κ1) is 16.6. The fourth-order valence-electron chi connectivity index (χ4n) is 3.16. The van der Waals surface area contributed by atoms with Gasteiger partial charge in [-0.25, -0.2) is 4.98 Å². The highest BCUT2D eigenvalue weighted by Gasteiger charge is 2.21. The highest BCUT2D eigenvalue weighted by Crippen LogP contribution is 2.28. The monoisotopic (exact) mass is 309 g/mol. The van der Waals surface area contributed by atoms with Crippen molar-refractivity contribution in [2.45, 2.75) is 65.0 Å². The van der Waals surface area contributed by atoms with Crippen LogP contribution in [0.1, 0.15) is 57.9 Å². The molecule has 1 aromatic heterocycles. The first-order valence-electron chi connectivity index (χ1n) is 8.38. The van der Waals surface area contributed by atoms with E-state index in [1.54, 1.807) is 0 Å². The van der Waals surface area contributed by atoms with Gasteiger partial charge in [0.25, 0.3) is 0 Å². The Morgan fingerprint density at radius 1 is 1.29 bits per heavy atom. The van der Waals surface area contributed by atoms with E-state index in [9.17, 15) is 0 Å². The minimum Gasteiger partial charge on any atom is -0.354 e. The summed E-state index contributed by atoms with van der Waals surface area (Å²) in [5, 5.41) is 4.19. The van der Waals surface area contributed by atoms with Crippen molar-refractivity contribution in [1.82, 2.24) is 10.3 Å². The Balaban J connectivity index is 2.11. The molecule has 21 heavy (non-hydrogen) atoms. The number of rotatable bonds is 7. The van der Waals surface area contributed by atoms with Crippen LogP contribution < -0.4 is 10.2 Å². The number of anilines is 1. The third-order valence-electron chi connectivity index (χ3n) is 4.31. The molecule has 4 heteroatoms. The van der Waals surface area contributed by atoms with Gasteiger partial charge in [0.2, 0.25) is 0 Å². The standard InChI is InChI=1S/C17H28ClN3/c1-3-10-19-12-14-11-17(20-13-16(14)18)21(4-2)15-8-6-5-7-9-15/h11,13,15,19H,3-10,12H2,1-2H3. The molecule has 1 N–H and O–H groups in total. The molecule has 0 unspecified atom stereocenters. The quantitative estimate of drug-likeness (QED) is 0.757. The lowest BCUT2D eigenvalue weighted by Gasteiger charge is -2.34. The molecule has 1 aromatic rings. The molecule has 118 valence electrons. The van der Waals surface area contributed by atoms with E-state index in [1.165, 1.54) is 32.1 Å². The summed E-state index contributed by atoms with van der Waals surface area (Å²) in [4.78, 5) is 7.04. The molecule has 0 spiro atoms. The molecule has 0 saturated heterocycles. The number of pyridine rings is 1. The average Bonchev–Trinajstić information content (AvgIpc) is 2.52. The lowest BCUT2D eigenvalue weighted by molar-refractivity contribution is 0.416. The van der Waals surface area contributed by atoms with Gasteiger partial charge in [-0.05, 0) is 44.4 Å². The van der Waals surface area contributed by atoms with Gasteiger partial charge in [-0.15, -0.1) is 0 Å². The van der Waals surface area contributed by atoms with E-state index >= 15 is 0 Å². The lowest BCUT2D eigenvalue weighted by atomic mass is 9.94. The van der Waals surface area contributed by atoms with Crippen molar-refractivity contribution in [3.05, 3.63) is 22.8 Å². The second kappa shape index (κ2) is 8.60. The van der Waals surface area contributed by atoms with Crippen LogP contribution in [0.5, 0.6) is 0 Å². The van der Waals surface area contributed by atoms with E-state index in [4.69, 9.17) is 11.6 Å². The van der Waals surface area contributed by atoms with Crippen molar-refractivity contribution in [1.29, 1.82) is 0 Å². The van der Waals surface area contributed by atoms with E-state index in [0.29, 0.717) is 6.04 Å². The zero-order valence-corrected chi connectivity index (χ0v) is 14.1. The maximum atomic E-state index is 6.29. The summed E-state index contributed by atoms with van der Waals surface area (Å²) in [6.07, 6.45) is 9.61. The lowest BCUT2D eigenvalue weighted by Crippen LogP contribution is -2.37. The van der Waals surface area contributed by atoms with Crippen LogP contribution in [-0.4, -0.2) is 24.1 Å². The topological polar surface area (TPSA) is 28.2 Å². The molecule has 2 rings (SSSR count). The first-order chi connectivity index (χ1) is 10.3. The van der Waals surface area contributed by atoms with Gasteiger partial charge in [-0.2, -0.15) is 0 Å². The van der Waals surface area contributed by atoms with Gasteiger partial charge in [0, 0.05) is 25.3 Å². The van der Waals surface area contributed by atoms with Crippen molar-refractivity contribution in [2.24, 2.45) is 0 Å². The molecule has 0 atom stereocenters. The predicted molar refractivity (Wildman–Crippen MR) is 91.1 cm³/mol. The highest BCUT2D eigenvalue weighted by molar-refractivity contribution is 6.31. The molecule has 0 amide bonds. The van der Waals surface area contributed by atoms with Crippen LogP contribution in [0.25, 0.3) is 0 Å². The second-order valence-electron chi connectivity index (χ2n) is 5.89. The maximum absolute atomic E-state index is 6.29. The fourth-order valence-corrected chi connectivity index (χ4v) is 3.33. The largest absolute Gasteiger partial charge is 0.354 e. The van der Waals surface area contributed by atoms with Crippen molar-refractivity contribution in [3.63, 3.8) is 0 Å². The summed E-state index contributed by atoms with van der Waals surface area (Å²) >= 11 is 6.29. The minimum absolute atomic E-state index is 0.647. The Hall–Kier alpha value is -0.800. The second-order valence-corrected chi connectivity index (χ2v) is 6.30. The van der Waals surface area contributed by atoms with Crippen molar-refractivity contribution in [2.75, 3.05) is 18.0 Å². The smallest absolute Gasteiger partial charge is 0.129 e. The molecule has 1 aliphatic carbocycles. The Bertz CT molecular complexity index is 430. The van der Waals surface area contributed by atoms with E-state index < -0.39 is 0 Å². The van der Waals surface area contributed by atoms with Gasteiger partial charge in [0.1, 0.15) is 5.82 Å². The van der Waals surface area contributed by atoms with Gasteiger partial charge in [0.15, 0.2) is 0 Å². The normalized spacial score (nSPS) is 16.1. The van der Waals surface area contributed by atoms with Crippen molar-refractivity contribution >= 4 is 17.4 Å². The highest BCUT2D eigenvalue weighted by atomic mass is 35.5. The number of aromatic nitrogens is 1. The maximum Gasteiger partial charge on any atom is 0.129 e. The van der Waals surface area contributed by atoms with E-state index in [1.807, 2.05) is 6.20 Å². The SMILES string of the molecule is CCCNCc1cc(N(CC)C2CCCCC2)ncc1Cl. The van der Waals surface area contributed by atoms with E-state index in [2.05, 4.69) is 35.1 Å². The molecule has 3 nitrogen and oxygen atoms in total. The zero-order chi connectivity index (χ0) is 15.1. The van der Waals surface area contributed by atoms with Crippen molar-refractivity contribution in [3.8, 4) is 0 Å². The summed E-state index contributed by atoms with van der Waals surface area (Å²) in [5.74, 6) is 1.09. The Labute approximate surface area is 134 Å². The third-order valence-corrected chi connectivity index (χ3v) is 4.65. The van der Waals surface area contributed by atoms with Crippen molar-refractivity contribution < 1.29 is 0 Å². The summed E-state index contributed by atoms with van der Waals surface area (Å²) in [6.45, 7) is 7.26. The summed E-state index contributed by atoms with van der Waals surface area (Å²) in [5.41, 5.74) is 1.16. The Kier molecular flexibility index (Phi) is 6.78. The molecule has 1 saturated carbocycles. The third kappa shape index (κ3) is 4.58. The Morgan fingerprint density at radius 2 is 2.05 bits per heavy atom. The summed E-state index contributed by atoms with van der Waals surface area (Å²) < 4.78 is 0. The fraction of sp³-hybridized carbons (Fsp3) is 0.706. The van der Waals surface area contributed by atoms with Crippen LogP contribution in [-0.2, 0) is 6.54 Å². The van der Waals surface area contributed by atoms with Gasteiger partial charge in [-0.3, -0.25) is 0 Å². The zero-order valence-electron chi connectivity index (χ0n) is 13.4. The van der Waals surface area contributed by atoms with Crippen LogP contribution in [0.2, 0.25) is 5.02 Å². The molecule has 1 heterocycles. The van der Waals surface area contributed by atoms with Crippen LogP contribution in [0, 0.1) is 0 Å². The van der Waals surface area contributed by atoms with E-state index in [0.717, 1.165) is 42.5 Å². The molecular formula is C17H28ClN3. The van der Waals surface area contributed by atoms with Crippen LogP contribution in [0.4, 0.5) is 5.82 Å². The van der Waals surface area contributed by atoms with Crippen LogP contribution in [0.3, 0.4) is 0 Å². The molecule has 1 aliphatic rings. The minimum atomic E-state index is 0.647. The first-order valence-corrected chi connectivity index (χ1v) is 8.75. The Morgan fingerprint density at radius 3 is 2.71 bits per heavy atom. The summed E-state index contributed by atoms with van der Waals surface area (Å²) in [6, 6.07) is 2.82. The van der Waals surface area contributed by atoms with Gasteiger partial charge in [-0.1, -0.05) is 37.8 Å². The predicted octanol–water partition coefficient (Wildman–Crippen LogP) is 4.39. The van der Waals surface area contributed by atoms with Crippen LogP contribution in [0.15, 0.2) is 12.3 Å². The van der Waals surface area contributed by atoms with Crippen LogP contribution >= 0.6 is 11.6 Å². The summed E-state index contributed by atoms with van der Waals surface area (Å²) in [7, 11) is 0. The average molecular weight is 310 g/mol. The molecule has 0 aliphatic heterocycles. The van der Waals surface area contributed by atoms with Gasteiger partial charge in [0.05, 0.1) is 5.02 Å². The number of nitrogens with one attached hydrogen (secondary N) is 1. The number of hydrogen-bond acceptors (Lipinski definition) is 3. The van der Waals surface area contributed by atoms with Gasteiger partial charge < -0.3 is 10.2 Å². The molecule has 0 bridgehead atoms.